The Morgan fingerprint density at radius 2 is 1.73 bits per heavy atom. The van der Waals surface area contributed by atoms with E-state index in [0.29, 0.717) is 37.1 Å². The Morgan fingerprint density at radius 1 is 0.962 bits per heavy atom. The van der Waals surface area contributed by atoms with E-state index in [1.165, 1.54) is 49.2 Å². The average molecular weight is 718 g/mol. The highest BCUT2D eigenvalue weighted by molar-refractivity contribution is 5.98. The second kappa shape index (κ2) is 19.3. The summed E-state index contributed by atoms with van der Waals surface area (Å²) in [6.45, 7) is 9.61. The van der Waals surface area contributed by atoms with Crippen molar-refractivity contribution in [1.29, 1.82) is 0 Å². The zero-order valence-corrected chi connectivity index (χ0v) is 30.6. The number of carbonyl (C=O) groups is 4. The Hall–Kier alpha value is -4.61. The summed E-state index contributed by atoms with van der Waals surface area (Å²) in [5, 5.41) is 7.39. The maximum Gasteiger partial charge on any atom is 0.413 e. The molecular weight excluding hydrogens is 662 g/mol. The number of amides is 4. The van der Waals surface area contributed by atoms with Crippen molar-refractivity contribution in [3.05, 3.63) is 55.8 Å². The normalized spacial score (nSPS) is 21.1. The standard InChI is InChI=1S/C40H55N5O7/c1-4-22-51-39(48)43-37-35-17-16-34(26-31(35)18-20-41-37)50-24-19-33-13-9-10-21-44(33)38(47)28(3)45(40(49)52-23-5-2)27-36(46)42-32-15-14-30(25-32)29-11-7-6-8-12-29/h4-5,16-18,20,26,28-30,32-33H,1-2,6-15,19,21-25,27H2,3H3,(H,42,46)(H,41,43,48)/t28-,30?,32?,33?/m0/s1. The number of nitrogens with zero attached hydrogens (tertiary/aromatic N) is 3. The van der Waals surface area contributed by atoms with E-state index < -0.39 is 18.2 Å². The average Bonchev–Trinajstić information content (AvgIpc) is 3.63. The van der Waals surface area contributed by atoms with E-state index in [1.807, 2.05) is 29.2 Å². The van der Waals surface area contributed by atoms with Gasteiger partial charge in [-0.25, -0.2) is 14.6 Å². The molecule has 2 aliphatic carbocycles. The van der Waals surface area contributed by atoms with Crippen LogP contribution in [0.1, 0.15) is 84.0 Å². The molecule has 3 aliphatic rings. The minimum Gasteiger partial charge on any atom is -0.493 e. The van der Waals surface area contributed by atoms with Crippen molar-refractivity contribution in [2.24, 2.45) is 11.8 Å². The number of piperidine rings is 1. The van der Waals surface area contributed by atoms with Gasteiger partial charge in [0.1, 0.15) is 37.4 Å². The number of aromatic nitrogens is 1. The topological polar surface area (TPSA) is 139 Å². The summed E-state index contributed by atoms with van der Waals surface area (Å²) in [6.07, 6.45) is 16.0. The first kappa shape index (κ1) is 38.6. The SMILES string of the molecule is C=CCOC(=O)Nc1nccc2cc(OCCC3CCCCN3C(=O)[C@H](C)N(CC(=O)NC3CCC(C4CCCCC4)C3)C(=O)OCC=C)ccc12. The van der Waals surface area contributed by atoms with Crippen LogP contribution in [0.5, 0.6) is 5.75 Å². The smallest absolute Gasteiger partial charge is 0.413 e. The lowest BCUT2D eigenvalue weighted by atomic mass is 9.79. The summed E-state index contributed by atoms with van der Waals surface area (Å²) in [4.78, 5) is 60.0. The van der Waals surface area contributed by atoms with E-state index in [0.717, 1.165) is 55.2 Å². The lowest BCUT2D eigenvalue weighted by Gasteiger charge is -2.39. The second-order valence-electron chi connectivity index (χ2n) is 14.3. The van der Waals surface area contributed by atoms with Gasteiger partial charge >= 0.3 is 12.2 Å². The predicted octanol–water partition coefficient (Wildman–Crippen LogP) is 7.00. The van der Waals surface area contributed by atoms with Crippen LogP contribution in [0, 0.1) is 11.8 Å². The van der Waals surface area contributed by atoms with E-state index in [9.17, 15) is 19.2 Å². The van der Waals surface area contributed by atoms with Crippen molar-refractivity contribution in [1.82, 2.24) is 20.1 Å². The molecule has 0 bridgehead atoms. The van der Waals surface area contributed by atoms with Crippen LogP contribution in [0.15, 0.2) is 55.8 Å². The number of carbonyl (C=O) groups excluding carboxylic acids is 4. The summed E-state index contributed by atoms with van der Waals surface area (Å²) < 4.78 is 16.5. The van der Waals surface area contributed by atoms with Gasteiger partial charge in [-0.3, -0.25) is 19.8 Å². The van der Waals surface area contributed by atoms with Gasteiger partial charge in [-0.1, -0.05) is 57.4 Å². The first-order valence-electron chi connectivity index (χ1n) is 19.0. The zero-order valence-electron chi connectivity index (χ0n) is 30.6. The number of likely N-dealkylation sites (tertiary alicyclic amines) is 1. The van der Waals surface area contributed by atoms with Crippen LogP contribution in [0.25, 0.3) is 10.8 Å². The zero-order chi connectivity index (χ0) is 36.9. The third kappa shape index (κ3) is 10.5. The van der Waals surface area contributed by atoms with Crippen molar-refractivity contribution in [3.63, 3.8) is 0 Å². The Labute approximate surface area is 307 Å². The van der Waals surface area contributed by atoms with Gasteiger partial charge in [-0.2, -0.15) is 0 Å². The molecule has 12 nitrogen and oxygen atoms in total. The summed E-state index contributed by atoms with van der Waals surface area (Å²) in [5.41, 5.74) is 0. The molecule has 5 rings (SSSR count). The van der Waals surface area contributed by atoms with Gasteiger partial charge in [-0.05, 0) is 86.9 Å². The van der Waals surface area contributed by atoms with Gasteiger partial charge in [0.25, 0.3) is 0 Å². The summed E-state index contributed by atoms with van der Waals surface area (Å²) >= 11 is 0. The van der Waals surface area contributed by atoms with Gasteiger partial charge in [0.2, 0.25) is 11.8 Å². The quantitative estimate of drug-likeness (QED) is 0.188. The molecule has 52 heavy (non-hydrogen) atoms. The molecule has 2 heterocycles. The molecule has 4 amide bonds. The minimum absolute atomic E-state index is 0.0153. The highest BCUT2D eigenvalue weighted by Crippen LogP contribution is 2.39. The number of benzene rings is 1. The highest BCUT2D eigenvalue weighted by Gasteiger charge is 2.37. The molecule has 1 aromatic heterocycles. The molecule has 3 unspecified atom stereocenters. The summed E-state index contributed by atoms with van der Waals surface area (Å²) in [7, 11) is 0. The number of hydrogen-bond donors (Lipinski definition) is 2. The lowest BCUT2D eigenvalue weighted by molar-refractivity contribution is -0.140. The fourth-order valence-electron chi connectivity index (χ4n) is 8.07. The van der Waals surface area contributed by atoms with Gasteiger partial charge < -0.3 is 24.4 Å². The largest absolute Gasteiger partial charge is 0.493 e. The van der Waals surface area contributed by atoms with Crippen molar-refractivity contribution in [2.75, 3.05) is 38.2 Å². The Bertz CT molecular complexity index is 1560. The second-order valence-corrected chi connectivity index (χ2v) is 14.3. The molecule has 12 heteroatoms. The Kier molecular flexibility index (Phi) is 14.3. The third-order valence-corrected chi connectivity index (χ3v) is 10.8. The van der Waals surface area contributed by atoms with Crippen LogP contribution < -0.4 is 15.4 Å². The third-order valence-electron chi connectivity index (χ3n) is 10.8. The number of anilines is 1. The van der Waals surface area contributed by atoms with Crippen LogP contribution in [0.4, 0.5) is 15.4 Å². The van der Waals surface area contributed by atoms with E-state index in [2.05, 4.69) is 28.8 Å². The van der Waals surface area contributed by atoms with Gasteiger partial charge in [0.15, 0.2) is 0 Å². The van der Waals surface area contributed by atoms with Crippen LogP contribution in [-0.2, 0) is 19.1 Å². The van der Waals surface area contributed by atoms with E-state index in [1.54, 1.807) is 13.1 Å². The van der Waals surface area contributed by atoms with Crippen LogP contribution in [0.3, 0.4) is 0 Å². The molecule has 1 aromatic carbocycles. The van der Waals surface area contributed by atoms with Gasteiger partial charge in [-0.15, -0.1) is 0 Å². The highest BCUT2D eigenvalue weighted by atomic mass is 16.6. The molecule has 282 valence electrons. The van der Waals surface area contributed by atoms with Crippen LogP contribution in [0.2, 0.25) is 0 Å². The minimum atomic E-state index is -0.894. The van der Waals surface area contributed by atoms with Crippen molar-refractivity contribution >= 4 is 40.6 Å². The molecule has 1 aliphatic heterocycles. The summed E-state index contributed by atoms with van der Waals surface area (Å²) in [6, 6.07) is 6.47. The van der Waals surface area contributed by atoms with Gasteiger partial charge in [0.05, 0.1) is 6.61 Å². The Morgan fingerprint density at radius 3 is 2.52 bits per heavy atom. The summed E-state index contributed by atoms with van der Waals surface area (Å²) in [5.74, 6) is 1.95. The number of rotatable bonds is 15. The van der Waals surface area contributed by atoms with Gasteiger partial charge in [0, 0.05) is 36.6 Å². The first-order chi connectivity index (χ1) is 25.3. The fraction of sp³-hybridized carbons (Fsp3) is 0.575. The first-order valence-corrected chi connectivity index (χ1v) is 19.0. The molecule has 1 saturated heterocycles. The fourth-order valence-corrected chi connectivity index (χ4v) is 8.07. The molecule has 2 saturated carbocycles. The lowest BCUT2D eigenvalue weighted by Crippen LogP contribution is -2.56. The molecule has 0 spiro atoms. The molecule has 0 radical (unpaired) electrons. The number of nitrogens with one attached hydrogen (secondary N) is 2. The number of ether oxygens (including phenoxy) is 3. The van der Waals surface area contributed by atoms with E-state index >= 15 is 0 Å². The molecular formula is C40H55N5O7. The maximum absolute atomic E-state index is 14.1. The monoisotopic (exact) mass is 717 g/mol. The molecule has 4 atom stereocenters. The predicted molar refractivity (Wildman–Crippen MR) is 200 cm³/mol. The molecule has 2 N–H and O–H groups in total. The van der Waals surface area contributed by atoms with Crippen molar-refractivity contribution < 1.29 is 33.4 Å². The number of fused-ring (bicyclic) bond motifs is 1. The number of hydrogen-bond acceptors (Lipinski definition) is 8. The molecule has 2 aromatic rings. The van der Waals surface area contributed by atoms with Crippen molar-refractivity contribution in [2.45, 2.75) is 102 Å². The van der Waals surface area contributed by atoms with E-state index in [4.69, 9.17) is 14.2 Å². The van der Waals surface area contributed by atoms with E-state index in [-0.39, 0.29) is 43.7 Å². The maximum atomic E-state index is 14.1. The Balaban J connectivity index is 1.17. The number of pyridine rings is 1. The molecule has 3 fully saturated rings. The van der Waals surface area contributed by atoms with Crippen LogP contribution in [-0.4, -0.2) is 89.8 Å². The van der Waals surface area contributed by atoms with Crippen molar-refractivity contribution in [3.8, 4) is 5.75 Å². The van der Waals surface area contributed by atoms with Crippen LogP contribution >= 0.6 is 0 Å².